The zero-order valence-electron chi connectivity index (χ0n) is 16.2. The summed E-state index contributed by atoms with van der Waals surface area (Å²) in [5.74, 6) is -0.711. The molecular formula is C22H24N2O4. The molecule has 0 spiro atoms. The number of aryl methyl sites for hydroxylation is 2. The second-order valence-corrected chi connectivity index (χ2v) is 6.97. The monoisotopic (exact) mass is 380 g/mol. The molecular weight excluding hydrogens is 356 g/mol. The summed E-state index contributed by atoms with van der Waals surface area (Å²) in [4.78, 5) is 37.6. The van der Waals surface area contributed by atoms with Gasteiger partial charge in [-0.1, -0.05) is 30.3 Å². The van der Waals surface area contributed by atoms with Crippen molar-refractivity contribution in [1.29, 1.82) is 0 Å². The smallest absolute Gasteiger partial charge is 0.310 e. The van der Waals surface area contributed by atoms with Crippen molar-refractivity contribution in [1.82, 2.24) is 0 Å². The summed E-state index contributed by atoms with van der Waals surface area (Å²) >= 11 is 0. The van der Waals surface area contributed by atoms with Crippen molar-refractivity contribution in [2.24, 2.45) is 0 Å². The maximum atomic E-state index is 12.1. The van der Waals surface area contributed by atoms with Crippen molar-refractivity contribution in [2.45, 2.75) is 33.1 Å². The SMILES string of the molecule is Cc1cccc(C)c1NC(=O)COC(=O)Cc1ccc(N2CCCC2=O)cc1. The van der Waals surface area contributed by atoms with E-state index in [1.165, 1.54) is 0 Å². The summed E-state index contributed by atoms with van der Waals surface area (Å²) in [6.45, 7) is 4.23. The fourth-order valence-corrected chi connectivity index (χ4v) is 3.27. The maximum absolute atomic E-state index is 12.1. The van der Waals surface area contributed by atoms with E-state index in [4.69, 9.17) is 4.74 Å². The average Bonchev–Trinajstić information content (AvgIpc) is 3.10. The normalized spacial score (nSPS) is 13.5. The van der Waals surface area contributed by atoms with Crippen LogP contribution in [-0.2, 0) is 25.5 Å². The Hall–Kier alpha value is -3.15. The Labute approximate surface area is 164 Å². The topological polar surface area (TPSA) is 75.7 Å². The lowest BCUT2D eigenvalue weighted by Crippen LogP contribution is -2.23. The molecule has 1 saturated heterocycles. The first-order valence-corrected chi connectivity index (χ1v) is 9.35. The number of nitrogens with zero attached hydrogens (tertiary/aromatic N) is 1. The number of hydrogen-bond acceptors (Lipinski definition) is 4. The van der Waals surface area contributed by atoms with Crippen LogP contribution >= 0.6 is 0 Å². The van der Waals surface area contributed by atoms with Crippen molar-refractivity contribution in [3.05, 3.63) is 59.2 Å². The number of carbonyl (C=O) groups excluding carboxylic acids is 3. The van der Waals surface area contributed by atoms with Gasteiger partial charge in [-0.3, -0.25) is 14.4 Å². The summed E-state index contributed by atoms with van der Waals surface area (Å²) in [6, 6.07) is 13.0. The minimum absolute atomic E-state index is 0.0743. The van der Waals surface area contributed by atoms with E-state index in [1.54, 1.807) is 17.0 Å². The molecule has 146 valence electrons. The molecule has 0 radical (unpaired) electrons. The molecule has 1 aliphatic rings. The standard InChI is InChI=1S/C22H24N2O4/c1-15-5-3-6-16(2)22(15)23-19(25)14-28-21(27)13-17-8-10-18(11-9-17)24-12-4-7-20(24)26/h3,5-6,8-11H,4,7,12-14H2,1-2H3,(H,23,25). The molecule has 0 bridgehead atoms. The number of amides is 2. The fraction of sp³-hybridized carbons (Fsp3) is 0.318. The molecule has 1 heterocycles. The van der Waals surface area contributed by atoms with Crippen LogP contribution in [0.1, 0.15) is 29.5 Å². The quantitative estimate of drug-likeness (QED) is 0.781. The van der Waals surface area contributed by atoms with Gasteiger partial charge in [-0.15, -0.1) is 0 Å². The lowest BCUT2D eigenvalue weighted by Gasteiger charge is -2.15. The van der Waals surface area contributed by atoms with E-state index in [0.717, 1.165) is 41.0 Å². The van der Waals surface area contributed by atoms with Crippen molar-refractivity contribution in [2.75, 3.05) is 23.4 Å². The van der Waals surface area contributed by atoms with Gasteiger partial charge in [0.2, 0.25) is 5.91 Å². The third kappa shape index (κ3) is 4.76. The minimum atomic E-state index is -0.471. The van der Waals surface area contributed by atoms with Gasteiger partial charge in [0.15, 0.2) is 6.61 Å². The van der Waals surface area contributed by atoms with Gasteiger partial charge >= 0.3 is 5.97 Å². The molecule has 0 aromatic heterocycles. The van der Waals surface area contributed by atoms with E-state index in [9.17, 15) is 14.4 Å². The average molecular weight is 380 g/mol. The Morgan fingerprint density at radius 3 is 2.36 bits per heavy atom. The van der Waals surface area contributed by atoms with Crippen molar-refractivity contribution < 1.29 is 19.1 Å². The van der Waals surface area contributed by atoms with Gasteiger partial charge in [-0.05, 0) is 49.1 Å². The Morgan fingerprint density at radius 1 is 1.07 bits per heavy atom. The number of rotatable bonds is 6. The molecule has 0 unspecified atom stereocenters. The molecule has 28 heavy (non-hydrogen) atoms. The van der Waals surface area contributed by atoms with E-state index >= 15 is 0 Å². The predicted octanol–water partition coefficient (Wildman–Crippen LogP) is 3.15. The third-order valence-corrected chi connectivity index (χ3v) is 4.78. The van der Waals surface area contributed by atoms with E-state index in [2.05, 4.69) is 5.32 Å². The lowest BCUT2D eigenvalue weighted by atomic mass is 10.1. The fourth-order valence-electron chi connectivity index (χ4n) is 3.27. The van der Waals surface area contributed by atoms with Crippen molar-refractivity contribution >= 4 is 29.2 Å². The predicted molar refractivity (Wildman–Crippen MR) is 107 cm³/mol. The highest BCUT2D eigenvalue weighted by atomic mass is 16.5. The number of esters is 1. The molecule has 1 N–H and O–H groups in total. The highest BCUT2D eigenvalue weighted by molar-refractivity contribution is 5.95. The first kappa shape index (κ1) is 19.6. The van der Waals surface area contributed by atoms with Gasteiger partial charge in [-0.2, -0.15) is 0 Å². The Bertz CT molecular complexity index is 870. The van der Waals surface area contributed by atoms with Gasteiger partial charge in [0.25, 0.3) is 5.91 Å². The first-order chi connectivity index (χ1) is 13.4. The molecule has 2 aromatic rings. The van der Waals surface area contributed by atoms with Crippen molar-refractivity contribution in [3.8, 4) is 0 Å². The third-order valence-electron chi connectivity index (χ3n) is 4.78. The van der Waals surface area contributed by atoms with E-state index in [0.29, 0.717) is 6.42 Å². The molecule has 6 heteroatoms. The first-order valence-electron chi connectivity index (χ1n) is 9.35. The highest BCUT2D eigenvalue weighted by Gasteiger charge is 2.21. The molecule has 3 rings (SSSR count). The molecule has 0 atom stereocenters. The van der Waals surface area contributed by atoms with Crippen LogP contribution in [-0.4, -0.2) is 30.9 Å². The maximum Gasteiger partial charge on any atom is 0.310 e. The molecule has 0 aliphatic carbocycles. The summed E-state index contributed by atoms with van der Waals surface area (Å²) < 4.78 is 5.09. The van der Waals surface area contributed by atoms with Crippen LogP contribution < -0.4 is 10.2 Å². The van der Waals surface area contributed by atoms with Crippen LogP contribution in [0.3, 0.4) is 0 Å². The summed E-state index contributed by atoms with van der Waals surface area (Å²) in [5, 5.41) is 2.79. The van der Waals surface area contributed by atoms with Gasteiger partial charge in [-0.25, -0.2) is 0 Å². The molecule has 2 aromatic carbocycles. The van der Waals surface area contributed by atoms with Gasteiger partial charge in [0.1, 0.15) is 0 Å². The molecule has 1 aliphatic heterocycles. The Morgan fingerprint density at radius 2 is 1.75 bits per heavy atom. The molecule has 1 fully saturated rings. The molecule has 2 amide bonds. The zero-order chi connectivity index (χ0) is 20.1. The summed E-state index contributed by atoms with van der Waals surface area (Å²) in [6.07, 6.45) is 1.53. The number of benzene rings is 2. The summed E-state index contributed by atoms with van der Waals surface area (Å²) in [7, 11) is 0. The van der Waals surface area contributed by atoms with Gasteiger partial charge in [0.05, 0.1) is 6.42 Å². The number of hydrogen-bond donors (Lipinski definition) is 1. The summed E-state index contributed by atoms with van der Waals surface area (Å²) in [5.41, 5.74) is 4.27. The van der Waals surface area contributed by atoms with Crippen LogP contribution in [0.4, 0.5) is 11.4 Å². The number of nitrogens with one attached hydrogen (secondary N) is 1. The zero-order valence-corrected chi connectivity index (χ0v) is 16.2. The van der Waals surface area contributed by atoms with Crippen LogP contribution in [0, 0.1) is 13.8 Å². The molecule has 6 nitrogen and oxygen atoms in total. The van der Waals surface area contributed by atoms with E-state index < -0.39 is 5.97 Å². The number of anilines is 2. The largest absolute Gasteiger partial charge is 0.455 e. The second-order valence-electron chi connectivity index (χ2n) is 6.97. The van der Waals surface area contributed by atoms with Crippen molar-refractivity contribution in [3.63, 3.8) is 0 Å². The Kier molecular flexibility index (Phi) is 6.09. The minimum Gasteiger partial charge on any atom is -0.455 e. The van der Waals surface area contributed by atoms with Crippen LogP contribution in [0.15, 0.2) is 42.5 Å². The van der Waals surface area contributed by atoms with Crippen LogP contribution in [0.2, 0.25) is 0 Å². The van der Waals surface area contributed by atoms with Crippen LogP contribution in [0.5, 0.6) is 0 Å². The number of para-hydroxylation sites is 1. The number of ether oxygens (including phenoxy) is 1. The van der Waals surface area contributed by atoms with E-state index in [-0.39, 0.29) is 24.8 Å². The second kappa shape index (κ2) is 8.69. The Balaban J connectivity index is 1.49. The van der Waals surface area contributed by atoms with Crippen LogP contribution in [0.25, 0.3) is 0 Å². The number of carbonyl (C=O) groups is 3. The van der Waals surface area contributed by atoms with E-state index in [1.807, 2.05) is 44.2 Å². The molecule has 0 saturated carbocycles. The highest BCUT2D eigenvalue weighted by Crippen LogP contribution is 2.22. The van der Waals surface area contributed by atoms with Gasteiger partial charge < -0.3 is 15.0 Å². The lowest BCUT2D eigenvalue weighted by molar-refractivity contribution is -0.146. The van der Waals surface area contributed by atoms with Gasteiger partial charge in [0, 0.05) is 24.3 Å².